The fourth-order valence-electron chi connectivity index (χ4n) is 5.23. The molecule has 0 radical (unpaired) electrons. The maximum atomic E-state index is 12.7. The molecule has 3 atom stereocenters. The molecule has 2 amide bonds. The molecule has 4 rings (SSSR count). The van der Waals surface area contributed by atoms with E-state index in [-0.39, 0.29) is 29.1 Å². The summed E-state index contributed by atoms with van der Waals surface area (Å²) >= 11 is 0. The zero-order chi connectivity index (χ0) is 29.6. The third-order valence-corrected chi connectivity index (χ3v) is 13.0. The smallest absolute Gasteiger partial charge is 0.407 e. The SMILES string of the molecule is CC(C)(C)[Si](C)(C)OC(c1ccccc1)[C@H]1CC[C@@H](Cc2ccc(C(=O)NCCc3ccccn3)cc2)N1C(=O)O. The Bertz CT molecular complexity index is 1290. The summed E-state index contributed by atoms with van der Waals surface area (Å²) < 4.78 is 6.94. The van der Waals surface area contributed by atoms with Gasteiger partial charge >= 0.3 is 6.09 Å². The quantitative estimate of drug-likeness (QED) is 0.258. The maximum absolute atomic E-state index is 12.7. The van der Waals surface area contributed by atoms with Gasteiger partial charge in [-0.2, -0.15) is 0 Å². The van der Waals surface area contributed by atoms with Gasteiger partial charge < -0.3 is 14.8 Å². The lowest BCUT2D eigenvalue weighted by atomic mass is 10.0. The number of aromatic nitrogens is 1. The summed E-state index contributed by atoms with van der Waals surface area (Å²) in [4.78, 5) is 31.2. The van der Waals surface area contributed by atoms with Crippen LogP contribution in [-0.4, -0.2) is 53.9 Å². The number of likely N-dealkylation sites (tertiary alicyclic amines) is 1. The van der Waals surface area contributed by atoms with Crippen LogP contribution in [0.1, 0.15) is 66.9 Å². The van der Waals surface area contributed by atoms with E-state index in [1.807, 2.05) is 72.8 Å². The highest BCUT2D eigenvalue weighted by Crippen LogP contribution is 2.44. The Morgan fingerprint density at radius 2 is 1.71 bits per heavy atom. The molecule has 0 spiro atoms. The van der Waals surface area contributed by atoms with Gasteiger partial charge in [-0.3, -0.25) is 14.7 Å². The molecular formula is C33H43N3O4Si. The van der Waals surface area contributed by atoms with E-state index in [1.165, 1.54) is 0 Å². The molecule has 0 saturated carbocycles. The first-order valence-electron chi connectivity index (χ1n) is 14.5. The zero-order valence-electron chi connectivity index (χ0n) is 24.8. The summed E-state index contributed by atoms with van der Waals surface area (Å²) in [6.07, 6.45) is 3.26. The van der Waals surface area contributed by atoms with Gasteiger partial charge in [0.15, 0.2) is 8.32 Å². The number of rotatable bonds is 10. The molecule has 1 saturated heterocycles. The molecule has 2 heterocycles. The molecule has 8 heteroatoms. The van der Waals surface area contributed by atoms with Crippen LogP contribution in [-0.2, 0) is 17.3 Å². The summed E-state index contributed by atoms with van der Waals surface area (Å²) in [5, 5.41) is 13.3. The predicted molar refractivity (Wildman–Crippen MR) is 165 cm³/mol. The molecule has 3 aromatic rings. The number of nitrogens with zero attached hydrogens (tertiary/aromatic N) is 2. The van der Waals surface area contributed by atoms with E-state index in [0.717, 1.165) is 29.7 Å². The molecule has 1 fully saturated rings. The van der Waals surface area contributed by atoms with Crippen molar-refractivity contribution in [2.75, 3.05) is 6.54 Å². The molecule has 0 bridgehead atoms. The second-order valence-corrected chi connectivity index (χ2v) is 17.2. The van der Waals surface area contributed by atoms with Gasteiger partial charge in [0.05, 0.1) is 12.1 Å². The number of carboxylic acid groups (broad SMARTS) is 1. The topological polar surface area (TPSA) is 91.8 Å². The molecule has 2 N–H and O–H groups in total. The van der Waals surface area contributed by atoms with Crippen molar-refractivity contribution in [2.24, 2.45) is 0 Å². The molecule has 2 aromatic carbocycles. The first-order valence-corrected chi connectivity index (χ1v) is 17.4. The number of carbonyl (C=O) groups is 2. The van der Waals surface area contributed by atoms with Crippen LogP contribution in [0, 0.1) is 0 Å². The average molecular weight is 574 g/mol. The van der Waals surface area contributed by atoms with E-state index >= 15 is 0 Å². The van der Waals surface area contributed by atoms with Crippen LogP contribution >= 0.6 is 0 Å². The van der Waals surface area contributed by atoms with Crippen LogP contribution in [0.3, 0.4) is 0 Å². The third kappa shape index (κ3) is 7.62. The number of benzene rings is 2. The van der Waals surface area contributed by atoms with E-state index in [9.17, 15) is 14.7 Å². The molecule has 7 nitrogen and oxygen atoms in total. The summed E-state index contributed by atoms with van der Waals surface area (Å²) in [5.74, 6) is -0.131. The Kier molecular flexibility index (Phi) is 9.66. The predicted octanol–water partition coefficient (Wildman–Crippen LogP) is 6.87. The minimum absolute atomic E-state index is 0.00143. The highest BCUT2D eigenvalue weighted by Gasteiger charge is 2.46. The van der Waals surface area contributed by atoms with Gasteiger partial charge in [0.25, 0.3) is 5.91 Å². The van der Waals surface area contributed by atoms with Crippen LogP contribution in [0.5, 0.6) is 0 Å². The van der Waals surface area contributed by atoms with Crippen LogP contribution in [0.2, 0.25) is 18.1 Å². The van der Waals surface area contributed by atoms with E-state index < -0.39 is 14.4 Å². The monoisotopic (exact) mass is 573 g/mol. The first kappa shape index (κ1) is 30.5. The van der Waals surface area contributed by atoms with Crippen molar-refractivity contribution in [3.05, 3.63) is 101 Å². The second kappa shape index (κ2) is 13.0. The third-order valence-electron chi connectivity index (χ3n) is 8.55. The summed E-state index contributed by atoms with van der Waals surface area (Å²) in [6.45, 7) is 11.6. The van der Waals surface area contributed by atoms with Crippen molar-refractivity contribution in [2.45, 2.75) is 82.8 Å². The van der Waals surface area contributed by atoms with Crippen LogP contribution in [0.4, 0.5) is 4.79 Å². The zero-order valence-corrected chi connectivity index (χ0v) is 25.8. The number of amides is 2. The lowest BCUT2D eigenvalue weighted by Gasteiger charge is -2.42. The molecule has 0 aliphatic carbocycles. The number of nitrogens with one attached hydrogen (secondary N) is 1. The van der Waals surface area contributed by atoms with Crippen molar-refractivity contribution in [3.8, 4) is 0 Å². The Morgan fingerprint density at radius 1 is 1.02 bits per heavy atom. The molecule has 1 aliphatic rings. The van der Waals surface area contributed by atoms with Gasteiger partial charge in [-0.25, -0.2) is 4.79 Å². The second-order valence-electron chi connectivity index (χ2n) is 12.4. The molecule has 1 aliphatic heterocycles. The van der Waals surface area contributed by atoms with Gasteiger partial charge in [-0.1, -0.05) is 69.3 Å². The Hall–Kier alpha value is -3.49. The highest BCUT2D eigenvalue weighted by molar-refractivity contribution is 6.74. The number of pyridine rings is 1. The van der Waals surface area contributed by atoms with Gasteiger partial charge in [-0.15, -0.1) is 0 Å². The van der Waals surface area contributed by atoms with Gasteiger partial charge in [0.2, 0.25) is 0 Å². The van der Waals surface area contributed by atoms with Crippen molar-refractivity contribution in [3.63, 3.8) is 0 Å². The van der Waals surface area contributed by atoms with Crippen molar-refractivity contribution >= 4 is 20.3 Å². The minimum Gasteiger partial charge on any atom is -0.465 e. The number of carbonyl (C=O) groups excluding carboxylic acids is 1. The molecule has 1 aromatic heterocycles. The average Bonchev–Trinajstić information content (AvgIpc) is 3.36. The van der Waals surface area contributed by atoms with Crippen LogP contribution in [0.15, 0.2) is 79.0 Å². The largest absolute Gasteiger partial charge is 0.465 e. The van der Waals surface area contributed by atoms with Crippen molar-refractivity contribution < 1.29 is 19.1 Å². The highest BCUT2D eigenvalue weighted by atomic mass is 28.4. The summed E-state index contributed by atoms with van der Waals surface area (Å²) in [6, 6.07) is 22.9. The first-order chi connectivity index (χ1) is 19.5. The van der Waals surface area contributed by atoms with Gasteiger partial charge in [0.1, 0.15) is 0 Å². The number of hydrogen-bond donors (Lipinski definition) is 2. The standard InChI is InChI=1S/C33H43N3O4Si/c1-33(2,3)41(4,5)40-30(25-11-7-6-8-12-25)29-19-18-28(36(29)32(38)39)23-24-14-16-26(17-15-24)31(37)35-22-20-27-13-9-10-21-34-27/h6-17,21,28-30H,18-20,22-23H2,1-5H3,(H,35,37)(H,38,39)/t28-,29+,30?/m0/s1. The lowest BCUT2D eigenvalue weighted by Crippen LogP contribution is -2.49. The number of hydrogen-bond acceptors (Lipinski definition) is 4. The van der Waals surface area contributed by atoms with E-state index in [4.69, 9.17) is 4.43 Å². The molecule has 218 valence electrons. The molecule has 41 heavy (non-hydrogen) atoms. The van der Waals surface area contributed by atoms with Crippen LogP contribution in [0.25, 0.3) is 0 Å². The Morgan fingerprint density at radius 3 is 2.32 bits per heavy atom. The molecule has 1 unspecified atom stereocenters. The van der Waals surface area contributed by atoms with E-state index in [1.54, 1.807) is 11.1 Å². The maximum Gasteiger partial charge on any atom is 0.407 e. The van der Waals surface area contributed by atoms with Gasteiger partial charge in [0, 0.05) is 36.5 Å². The van der Waals surface area contributed by atoms with Crippen LogP contribution < -0.4 is 5.32 Å². The van der Waals surface area contributed by atoms with Crippen molar-refractivity contribution in [1.29, 1.82) is 0 Å². The summed E-state index contributed by atoms with van der Waals surface area (Å²) in [5.41, 5.74) is 3.55. The Labute approximate surface area is 245 Å². The fourth-order valence-corrected chi connectivity index (χ4v) is 6.51. The normalized spacial score (nSPS) is 18.2. The fraction of sp³-hybridized carbons (Fsp3) is 0.424. The summed E-state index contributed by atoms with van der Waals surface area (Å²) in [7, 11) is -2.19. The van der Waals surface area contributed by atoms with Gasteiger partial charge in [-0.05, 0) is 72.8 Å². The Balaban J connectivity index is 1.45. The van der Waals surface area contributed by atoms with E-state index in [2.05, 4.69) is 44.2 Å². The van der Waals surface area contributed by atoms with Crippen molar-refractivity contribution in [1.82, 2.24) is 15.2 Å². The lowest BCUT2D eigenvalue weighted by molar-refractivity contribution is 0.0598. The van der Waals surface area contributed by atoms with E-state index in [0.29, 0.717) is 24.9 Å². The minimum atomic E-state index is -2.19. The molecular weight excluding hydrogens is 530 g/mol.